The Morgan fingerprint density at radius 3 is 2.53 bits per heavy atom. The Balaban J connectivity index is 2.12. The second kappa shape index (κ2) is 5.51. The highest BCUT2D eigenvalue weighted by atomic mass is 16.1. The number of nitrogens with two attached hydrogens (primary N) is 1. The van der Waals surface area contributed by atoms with E-state index in [4.69, 9.17) is 5.73 Å². The van der Waals surface area contributed by atoms with Crippen molar-refractivity contribution in [3.8, 4) is 0 Å². The fourth-order valence-electron chi connectivity index (χ4n) is 1.68. The molecule has 1 amide bonds. The molecule has 0 saturated heterocycles. The van der Waals surface area contributed by atoms with Crippen molar-refractivity contribution < 1.29 is 4.79 Å². The lowest BCUT2D eigenvalue weighted by molar-refractivity contribution is -0.119. The fourth-order valence-corrected chi connectivity index (χ4v) is 1.68. The lowest BCUT2D eigenvalue weighted by Gasteiger charge is -2.11. The first kappa shape index (κ1) is 13.1. The number of rotatable bonds is 4. The Labute approximate surface area is 111 Å². The first-order valence-corrected chi connectivity index (χ1v) is 6.12. The predicted molar refractivity (Wildman–Crippen MR) is 75.7 cm³/mol. The van der Waals surface area contributed by atoms with E-state index < -0.39 is 0 Å². The standard InChI is InChI=1S/C13H17N5O/c1-8(2)16-11(19)7-15-13-12(14)17-9-5-3-4-6-10(9)18-13/h3-6,8H,7H2,1-2H3,(H2,14,17)(H,15,18)(H,16,19). The van der Waals surface area contributed by atoms with Crippen LogP contribution in [0.5, 0.6) is 0 Å². The number of aromatic nitrogens is 2. The molecule has 100 valence electrons. The summed E-state index contributed by atoms with van der Waals surface area (Å²) in [7, 11) is 0. The van der Waals surface area contributed by atoms with Gasteiger partial charge in [-0.15, -0.1) is 0 Å². The minimum absolute atomic E-state index is 0.106. The van der Waals surface area contributed by atoms with Crippen molar-refractivity contribution in [3.05, 3.63) is 24.3 Å². The molecule has 2 aromatic rings. The molecule has 0 radical (unpaired) electrons. The number of hydrogen-bond acceptors (Lipinski definition) is 5. The summed E-state index contributed by atoms with van der Waals surface area (Å²) < 4.78 is 0. The van der Waals surface area contributed by atoms with Crippen molar-refractivity contribution in [1.29, 1.82) is 0 Å². The Bertz CT molecular complexity index is 597. The van der Waals surface area contributed by atoms with Crippen LogP contribution in [-0.2, 0) is 4.79 Å². The molecule has 0 aliphatic rings. The molecule has 1 aromatic heterocycles. The minimum Gasteiger partial charge on any atom is -0.381 e. The van der Waals surface area contributed by atoms with E-state index in [1.54, 1.807) is 0 Å². The molecule has 6 heteroatoms. The second-order valence-electron chi connectivity index (χ2n) is 4.52. The number of carbonyl (C=O) groups is 1. The Morgan fingerprint density at radius 1 is 1.26 bits per heavy atom. The highest BCUT2D eigenvalue weighted by Gasteiger charge is 2.08. The number of nitrogen functional groups attached to an aromatic ring is 1. The number of fused-ring (bicyclic) bond motifs is 1. The van der Waals surface area contributed by atoms with Gasteiger partial charge in [0.25, 0.3) is 0 Å². The van der Waals surface area contributed by atoms with Gasteiger partial charge in [0.2, 0.25) is 5.91 Å². The summed E-state index contributed by atoms with van der Waals surface area (Å²) in [6.07, 6.45) is 0. The average molecular weight is 259 g/mol. The molecule has 0 unspecified atom stereocenters. The van der Waals surface area contributed by atoms with E-state index in [9.17, 15) is 4.79 Å². The van der Waals surface area contributed by atoms with Crippen molar-refractivity contribution >= 4 is 28.6 Å². The molecule has 0 aliphatic carbocycles. The van der Waals surface area contributed by atoms with E-state index >= 15 is 0 Å². The molecule has 0 spiro atoms. The Kier molecular flexibility index (Phi) is 3.79. The van der Waals surface area contributed by atoms with E-state index in [2.05, 4.69) is 20.6 Å². The predicted octanol–water partition coefficient (Wildman–Crippen LogP) is 1.15. The number of benzene rings is 1. The zero-order valence-corrected chi connectivity index (χ0v) is 11.0. The molecule has 1 aromatic carbocycles. The van der Waals surface area contributed by atoms with Gasteiger partial charge in [-0.05, 0) is 26.0 Å². The quantitative estimate of drug-likeness (QED) is 0.766. The van der Waals surface area contributed by atoms with Crippen molar-refractivity contribution in [3.63, 3.8) is 0 Å². The summed E-state index contributed by atoms with van der Waals surface area (Å²) in [5.74, 6) is 0.609. The van der Waals surface area contributed by atoms with Crippen LogP contribution in [0, 0.1) is 0 Å². The van der Waals surface area contributed by atoms with Crippen LogP contribution in [0.15, 0.2) is 24.3 Å². The van der Waals surface area contributed by atoms with E-state index in [1.807, 2.05) is 38.1 Å². The monoisotopic (exact) mass is 259 g/mol. The van der Waals surface area contributed by atoms with Crippen molar-refractivity contribution in [2.75, 3.05) is 17.6 Å². The number of para-hydroxylation sites is 2. The van der Waals surface area contributed by atoms with Gasteiger partial charge in [0.1, 0.15) is 0 Å². The van der Waals surface area contributed by atoms with Crippen LogP contribution in [-0.4, -0.2) is 28.5 Å². The van der Waals surface area contributed by atoms with E-state index in [0.29, 0.717) is 5.82 Å². The smallest absolute Gasteiger partial charge is 0.239 e. The fraction of sp³-hybridized carbons (Fsp3) is 0.308. The molecule has 0 atom stereocenters. The highest BCUT2D eigenvalue weighted by molar-refractivity contribution is 5.83. The molecule has 0 bridgehead atoms. The number of carbonyl (C=O) groups excluding carboxylic acids is 1. The summed E-state index contributed by atoms with van der Waals surface area (Å²) >= 11 is 0. The van der Waals surface area contributed by atoms with E-state index in [1.165, 1.54) is 0 Å². The molecule has 19 heavy (non-hydrogen) atoms. The summed E-state index contributed by atoms with van der Waals surface area (Å²) in [5, 5.41) is 5.68. The normalized spacial score (nSPS) is 10.7. The average Bonchev–Trinajstić information content (AvgIpc) is 2.35. The largest absolute Gasteiger partial charge is 0.381 e. The molecule has 0 aliphatic heterocycles. The molecular formula is C13H17N5O. The van der Waals surface area contributed by atoms with Crippen LogP contribution in [0.25, 0.3) is 11.0 Å². The maximum absolute atomic E-state index is 11.5. The number of amides is 1. The van der Waals surface area contributed by atoms with Crippen molar-refractivity contribution in [2.45, 2.75) is 19.9 Å². The minimum atomic E-state index is -0.107. The van der Waals surface area contributed by atoms with Crippen molar-refractivity contribution in [2.24, 2.45) is 0 Å². The van der Waals surface area contributed by atoms with E-state index in [-0.39, 0.29) is 24.3 Å². The van der Waals surface area contributed by atoms with Crippen molar-refractivity contribution in [1.82, 2.24) is 15.3 Å². The summed E-state index contributed by atoms with van der Waals surface area (Å²) in [5.41, 5.74) is 7.28. The molecule has 6 nitrogen and oxygen atoms in total. The third-order valence-electron chi connectivity index (χ3n) is 2.46. The van der Waals surface area contributed by atoms with Gasteiger partial charge in [-0.2, -0.15) is 0 Å². The number of hydrogen-bond donors (Lipinski definition) is 3. The zero-order valence-electron chi connectivity index (χ0n) is 11.0. The molecule has 2 rings (SSSR count). The molecular weight excluding hydrogens is 242 g/mol. The SMILES string of the molecule is CC(C)NC(=O)CNc1nc2ccccc2nc1N. The summed E-state index contributed by atoms with van der Waals surface area (Å²) in [6, 6.07) is 7.55. The van der Waals surface area contributed by atoms with Gasteiger partial charge >= 0.3 is 0 Å². The van der Waals surface area contributed by atoms with Gasteiger partial charge < -0.3 is 16.4 Å². The van der Waals surface area contributed by atoms with Gasteiger partial charge in [0.05, 0.1) is 17.6 Å². The third-order valence-corrected chi connectivity index (χ3v) is 2.46. The highest BCUT2D eigenvalue weighted by Crippen LogP contribution is 2.17. The topological polar surface area (TPSA) is 92.9 Å². The van der Waals surface area contributed by atoms with Gasteiger partial charge in [-0.1, -0.05) is 12.1 Å². The molecule has 1 heterocycles. The Morgan fingerprint density at radius 2 is 1.89 bits per heavy atom. The zero-order chi connectivity index (χ0) is 13.8. The van der Waals surface area contributed by atoms with Gasteiger partial charge in [-0.25, -0.2) is 9.97 Å². The summed E-state index contributed by atoms with van der Waals surface area (Å²) in [4.78, 5) is 20.1. The van der Waals surface area contributed by atoms with Crippen LogP contribution >= 0.6 is 0 Å². The van der Waals surface area contributed by atoms with Crippen LogP contribution in [0.1, 0.15) is 13.8 Å². The third kappa shape index (κ3) is 3.31. The van der Waals surface area contributed by atoms with Crippen LogP contribution in [0.3, 0.4) is 0 Å². The maximum atomic E-state index is 11.5. The maximum Gasteiger partial charge on any atom is 0.239 e. The van der Waals surface area contributed by atoms with Crippen LogP contribution in [0.4, 0.5) is 11.6 Å². The number of nitrogens with zero attached hydrogens (tertiary/aromatic N) is 2. The van der Waals surface area contributed by atoms with E-state index in [0.717, 1.165) is 11.0 Å². The second-order valence-corrected chi connectivity index (χ2v) is 4.52. The molecule has 0 fully saturated rings. The Hall–Kier alpha value is -2.37. The van der Waals surface area contributed by atoms with Gasteiger partial charge in [-0.3, -0.25) is 4.79 Å². The first-order chi connectivity index (χ1) is 9.06. The lowest BCUT2D eigenvalue weighted by atomic mass is 10.3. The van der Waals surface area contributed by atoms with Gasteiger partial charge in [0, 0.05) is 6.04 Å². The van der Waals surface area contributed by atoms with Gasteiger partial charge in [0.15, 0.2) is 11.6 Å². The number of anilines is 2. The summed E-state index contributed by atoms with van der Waals surface area (Å²) in [6.45, 7) is 3.93. The lowest BCUT2D eigenvalue weighted by Crippen LogP contribution is -2.35. The van der Waals surface area contributed by atoms with Crippen LogP contribution < -0.4 is 16.4 Å². The first-order valence-electron chi connectivity index (χ1n) is 6.12. The van der Waals surface area contributed by atoms with Crippen LogP contribution in [0.2, 0.25) is 0 Å². The number of nitrogens with one attached hydrogen (secondary N) is 2. The molecule has 0 saturated carbocycles. The molecule has 4 N–H and O–H groups in total.